The summed E-state index contributed by atoms with van der Waals surface area (Å²) in [5, 5.41) is 18.6. The number of carbonyl (C=O) groups excluding carboxylic acids is 1. The number of hydrogen-bond donors (Lipinski definition) is 2. The molecule has 0 atom stereocenters. The number of aromatic hydroxyl groups is 1. The van der Waals surface area contributed by atoms with Crippen LogP contribution in [0.4, 0.5) is 4.39 Å². The van der Waals surface area contributed by atoms with Gasteiger partial charge in [0.2, 0.25) is 5.82 Å². The van der Waals surface area contributed by atoms with Crippen LogP contribution < -0.4 is 10.1 Å². The van der Waals surface area contributed by atoms with Crippen LogP contribution in [0.25, 0.3) is 16.4 Å². The number of aromatic nitrogens is 3. The van der Waals surface area contributed by atoms with E-state index in [2.05, 4.69) is 15.4 Å². The van der Waals surface area contributed by atoms with Crippen LogP contribution in [0.3, 0.4) is 0 Å². The molecule has 2 aromatic heterocycles. The van der Waals surface area contributed by atoms with Gasteiger partial charge in [0.15, 0.2) is 17.3 Å². The van der Waals surface area contributed by atoms with E-state index in [1.807, 2.05) is 17.5 Å². The van der Waals surface area contributed by atoms with Gasteiger partial charge in [-0.25, -0.2) is 14.1 Å². The van der Waals surface area contributed by atoms with Crippen molar-refractivity contribution in [1.29, 1.82) is 0 Å². The zero-order chi connectivity index (χ0) is 21.1. The number of hydrogen-bond acceptors (Lipinski definition) is 6. The van der Waals surface area contributed by atoms with Gasteiger partial charge in [-0.3, -0.25) is 4.79 Å². The lowest BCUT2D eigenvalue weighted by Crippen LogP contribution is -2.24. The second kappa shape index (κ2) is 8.34. The molecule has 2 heterocycles. The van der Waals surface area contributed by atoms with Crippen molar-refractivity contribution in [2.45, 2.75) is 6.54 Å². The minimum atomic E-state index is -0.477. The number of carbonyl (C=O) groups is 1. The van der Waals surface area contributed by atoms with Crippen molar-refractivity contribution in [3.05, 3.63) is 77.2 Å². The third-order valence-electron chi connectivity index (χ3n) is 4.30. The van der Waals surface area contributed by atoms with E-state index in [9.17, 15) is 14.3 Å². The number of thiophene rings is 1. The standard InChI is InChI=1S/C21H17FN4O3S/c1-29-17-10-13(7-8-16(17)27)12-23-21(28)19-24-20(18-6-3-9-30-18)26(25-19)15-5-2-4-14(22)11-15/h2-11,27H,12H2,1H3,(H,23,28). The van der Waals surface area contributed by atoms with Crippen LogP contribution >= 0.6 is 11.3 Å². The molecule has 2 aromatic carbocycles. The molecule has 0 saturated carbocycles. The van der Waals surface area contributed by atoms with Crippen molar-refractivity contribution >= 4 is 17.2 Å². The van der Waals surface area contributed by atoms with E-state index in [0.29, 0.717) is 17.3 Å². The Kier molecular flexibility index (Phi) is 5.44. The lowest BCUT2D eigenvalue weighted by molar-refractivity contribution is 0.0940. The summed E-state index contributed by atoms with van der Waals surface area (Å²) in [5.74, 6) is -0.137. The van der Waals surface area contributed by atoms with Crippen molar-refractivity contribution in [1.82, 2.24) is 20.1 Å². The topological polar surface area (TPSA) is 89.3 Å². The number of methoxy groups -OCH3 is 1. The van der Waals surface area contributed by atoms with Crippen LogP contribution in [-0.2, 0) is 6.54 Å². The van der Waals surface area contributed by atoms with Crippen molar-refractivity contribution in [3.8, 4) is 27.9 Å². The molecule has 0 radical (unpaired) electrons. The number of rotatable bonds is 6. The van der Waals surface area contributed by atoms with Gasteiger partial charge in [0.1, 0.15) is 5.82 Å². The van der Waals surface area contributed by atoms with Crippen molar-refractivity contribution in [2.24, 2.45) is 0 Å². The first-order chi connectivity index (χ1) is 14.5. The van der Waals surface area contributed by atoms with E-state index < -0.39 is 11.7 Å². The molecule has 30 heavy (non-hydrogen) atoms. The van der Waals surface area contributed by atoms with E-state index in [1.165, 1.54) is 41.3 Å². The van der Waals surface area contributed by atoms with E-state index in [0.717, 1.165) is 10.4 Å². The Hall–Kier alpha value is -3.72. The first kappa shape index (κ1) is 19.6. The number of halogens is 1. The van der Waals surface area contributed by atoms with Crippen LogP contribution in [0.2, 0.25) is 0 Å². The first-order valence-electron chi connectivity index (χ1n) is 8.96. The SMILES string of the molecule is COc1cc(CNC(=O)c2nc(-c3cccs3)n(-c3cccc(F)c3)n2)ccc1O. The minimum Gasteiger partial charge on any atom is -0.504 e. The quantitative estimate of drug-likeness (QED) is 0.492. The molecular weight excluding hydrogens is 407 g/mol. The minimum absolute atomic E-state index is 0.0173. The molecule has 0 aliphatic carbocycles. The van der Waals surface area contributed by atoms with Gasteiger partial charge in [-0.2, -0.15) is 0 Å². The zero-order valence-electron chi connectivity index (χ0n) is 15.9. The van der Waals surface area contributed by atoms with Gasteiger partial charge in [0.05, 0.1) is 17.7 Å². The molecule has 9 heteroatoms. The monoisotopic (exact) mass is 424 g/mol. The summed E-state index contributed by atoms with van der Waals surface area (Å²) in [7, 11) is 1.45. The number of ether oxygens (including phenoxy) is 1. The Balaban J connectivity index is 1.61. The summed E-state index contributed by atoms with van der Waals surface area (Å²) in [5.41, 5.74) is 1.20. The zero-order valence-corrected chi connectivity index (χ0v) is 16.7. The number of phenols is 1. The number of nitrogens with one attached hydrogen (secondary N) is 1. The van der Waals surface area contributed by atoms with Gasteiger partial charge >= 0.3 is 0 Å². The molecule has 0 aliphatic rings. The predicted octanol–water partition coefficient (Wildman–Crippen LogP) is 3.78. The molecule has 4 aromatic rings. The molecule has 4 rings (SSSR count). The largest absolute Gasteiger partial charge is 0.504 e. The highest BCUT2D eigenvalue weighted by Crippen LogP contribution is 2.27. The summed E-state index contributed by atoms with van der Waals surface area (Å²) in [4.78, 5) is 17.9. The highest BCUT2D eigenvalue weighted by molar-refractivity contribution is 7.13. The highest BCUT2D eigenvalue weighted by Gasteiger charge is 2.19. The predicted molar refractivity (Wildman–Crippen MR) is 110 cm³/mol. The van der Waals surface area contributed by atoms with Crippen LogP contribution in [0.1, 0.15) is 16.2 Å². The van der Waals surface area contributed by atoms with Gasteiger partial charge in [-0.1, -0.05) is 18.2 Å². The second-order valence-electron chi connectivity index (χ2n) is 6.32. The summed E-state index contributed by atoms with van der Waals surface area (Å²) < 4.78 is 20.3. The molecule has 7 nitrogen and oxygen atoms in total. The maximum Gasteiger partial charge on any atom is 0.291 e. The lowest BCUT2D eigenvalue weighted by Gasteiger charge is -2.07. The average molecular weight is 424 g/mol. The molecule has 1 amide bonds. The number of phenolic OH excluding ortho intramolecular Hbond substituents is 1. The van der Waals surface area contributed by atoms with Crippen LogP contribution in [0.15, 0.2) is 60.0 Å². The van der Waals surface area contributed by atoms with Crippen LogP contribution in [-0.4, -0.2) is 32.9 Å². The molecule has 0 aliphatic heterocycles. The second-order valence-corrected chi connectivity index (χ2v) is 7.26. The lowest BCUT2D eigenvalue weighted by atomic mass is 10.2. The van der Waals surface area contributed by atoms with E-state index in [-0.39, 0.29) is 18.1 Å². The van der Waals surface area contributed by atoms with Gasteiger partial charge < -0.3 is 15.2 Å². The number of amides is 1. The normalized spacial score (nSPS) is 10.7. The Bertz CT molecular complexity index is 1190. The molecule has 0 bridgehead atoms. The Morgan fingerprint density at radius 1 is 1.23 bits per heavy atom. The Morgan fingerprint density at radius 2 is 2.10 bits per heavy atom. The molecule has 152 valence electrons. The van der Waals surface area contributed by atoms with Gasteiger partial charge in [-0.05, 0) is 47.3 Å². The fourth-order valence-corrected chi connectivity index (χ4v) is 3.55. The fraction of sp³-hybridized carbons (Fsp3) is 0.0952. The third-order valence-corrected chi connectivity index (χ3v) is 5.17. The Labute approximate surface area is 175 Å². The van der Waals surface area contributed by atoms with Crippen molar-refractivity contribution in [3.63, 3.8) is 0 Å². The number of benzene rings is 2. The summed E-state index contributed by atoms with van der Waals surface area (Å²) in [6, 6.07) is 14.5. The molecule has 0 saturated heterocycles. The molecule has 0 spiro atoms. The first-order valence-corrected chi connectivity index (χ1v) is 9.84. The van der Waals surface area contributed by atoms with E-state index in [1.54, 1.807) is 24.3 Å². The van der Waals surface area contributed by atoms with Crippen LogP contribution in [0, 0.1) is 5.82 Å². The molecule has 0 unspecified atom stereocenters. The summed E-state index contributed by atoms with van der Waals surface area (Å²) >= 11 is 1.44. The third kappa shape index (κ3) is 4.01. The van der Waals surface area contributed by atoms with Crippen molar-refractivity contribution in [2.75, 3.05) is 7.11 Å². The molecule has 0 fully saturated rings. The Morgan fingerprint density at radius 3 is 2.83 bits per heavy atom. The van der Waals surface area contributed by atoms with Gasteiger partial charge in [0, 0.05) is 6.54 Å². The average Bonchev–Trinajstić information content (AvgIpc) is 3.42. The summed E-state index contributed by atoms with van der Waals surface area (Å²) in [6.45, 7) is 0.193. The van der Waals surface area contributed by atoms with Gasteiger partial charge in [-0.15, -0.1) is 16.4 Å². The van der Waals surface area contributed by atoms with E-state index in [4.69, 9.17) is 4.74 Å². The maximum absolute atomic E-state index is 13.7. The molecular formula is C21H17FN4O3S. The van der Waals surface area contributed by atoms with Gasteiger partial charge in [0.25, 0.3) is 5.91 Å². The highest BCUT2D eigenvalue weighted by atomic mass is 32.1. The van der Waals surface area contributed by atoms with Crippen molar-refractivity contribution < 1.29 is 19.0 Å². The molecule has 2 N–H and O–H groups in total. The summed E-state index contributed by atoms with van der Waals surface area (Å²) in [6.07, 6.45) is 0. The fourth-order valence-electron chi connectivity index (χ4n) is 2.85. The van der Waals surface area contributed by atoms with E-state index >= 15 is 0 Å². The smallest absolute Gasteiger partial charge is 0.291 e. The number of nitrogens with zero attached hydrogens (tertiary/aromatic N) is 3. The van der Waals surface area contributed by atoms with Crippen LogP contribution in [0.5, 0.6) is 11.5 Å². The maximum atomic E-state index is 13.7.